The molecule has 8 heteroatoms. The van der Waals surface area contributed by atoms with Crippen molar-refractivity contribution in [1.82, 2.24) is 19.8 Å². The van der Waals surface area contributed by atoms with E-state index >= 15 is 0 Å². The number of rotatable bonds is 8. The molecule has 0 unspecified atom stereocenters. The van der Waals surface area contributed by atoms with E-state index in [4.69, 9.17) is 9.47 Å². The van der Waals surface area contributed by atoms with Crippen LogP contribution >= 0.6 is 0 Å². The van der Waals surface area contributed by atoms with Crippen LogP contribution in [0.5, 0.6) is 0 Å². The van der Waals surface area contributed by atoms with Crippen molar-refractivity contribution in [1.29, 1.82) is 0 Å². The molecule has 1 aromatic rings. The highest BCUT2D eigenvalue weighted by molar-refractivity contribution is 5.93. The van der Waals surface area contributed by atoms with Gasteiger partial charge in [-0.3, -0.25) is 9.59 Å². The molecule has 1 amide bonds. The molecule has 0 aromatic carbocycles. The number of H-pyrrole nitrogens is 1. The van der Waals surface area contributed by atoms with Gasteiger partial charge in [-0.25, -0.2) is 4.98 Å². The molecule has 3 heterocycles. The van der Waals surface area contributed by atoms with Gasteiger partial charge in [0.1, 0.15) is 5.56 Å². The summed E-state index contributed by atoms with van der Waals surface area (Å²) in [5.41, 5.74) is -0.283. The number of hydrogen-bond acceptors (Lipinski definition) is 6. The second-order valence-corrected chi connectivity index (χ2v) is 7.42. The van der Waals surface area contributed by atoms with Gasteiger partial charge in [-0.15, -0.1) is 0 Å². The quantitative estimate of drug-likeness (QED) is 0.718. The minimum absolute atomic E-state index is 0.0616. The number of ether oxygens (including phenoxy) is 2. The van der Waals surface area contributed by atoms with E-state index in [9.17, 15) is 9.59 Å². The number of carbonyl (C=O) groups is 1. The fraction of sp³-hybridized carbons (Fsp3) is 0.737. The number of nitrogens with zero attached hydrogens (tertiary/aromatic N) is 3. The topological polar surface area (TPSA) is 87.8 Å². The molecule has 8 nitrogen and oxygen atoms in total. The Kier molecular flexibility index (Phi) is 7.37. The zero-order valence-electron chi connectivity index (χ0n) is 16.1. The van der Waals surface area contributed by atoms with Gasteiger partial charge < -0.3 is 24.3 Å². The first-order chi connectivity index (χ1) is 13.2. The largest absolute Gasteiger partial charge is 0.383 e. The fourth-order valence-corrected chi connectivity index (χ4v) is 3.87. The van der Waals surface area contributed by atoms with Gasteiger partial charge in [-0.1, -0.05) is 0 Å². The molecule has 0 aliphatic carbocycles. The Morgan fingerprint density at radius 2 is 2.19 bits per heavy atom. The number of methoxy groups -OCH3 is 1. The lowest BCUT2D eigenvalue weighted by Crippen LogP contribution is -2.45. The van der Waals surface area contributed by atoms with Crippen molar-refractivity contribution in [3.63, 3.8) is 0 Å². The molecule has 3 rings (SSSR count). The van der Waals surface area contributed by atoms with Crippen LogP contribution in [0.2, 0.25) is 0 Å². The molecule has 0 radical (unpaired) electrons. The molecule has 2 fully saturated rings. The molecule has 2 saturated heterocycles. The maximum atomic E-state index is 13.0. The Morgan fingerprint density at radius 3 is 2.85 bits per heavy atom. The minimum atomic E-state index is -0.387. The van der Waals surface area contributed by atoms with E-state index in [1.807, 2.05) is 0 Å². The van der Waals surface area contributed by atoms with Gasteiger partial charge >= 0.3 is 0 Å². The Bertz CT molecular complexity index is 651. The Morgan fingerprint density at radius 1 is 1.37 bits per heavy atom. The number of carbonyl (C=O) groups excluding carboxylic acids is 1. The van der Waals surface area contributed by atoms with E-state index in [2.05, 4.69) is 14.9 Å². The Balaban J connectivity index is 1.63. The summed E-state index contributed by atoms with van der Waals surface area (Å²) in [7, 11) is 1.72. The second-order valence-electron chi connectivity index (χ2n) is 7.42. The molecular formula is C19H30N4O4. The zero-order valence-corrected chi connectivity index (χ0v) is 16.1. The van der Waals surface area contributed by atoms with Crippen molar-refractivity contribution in [3.8, 4) is 0 Å². The van der Waals surface area contributed by atoms with Gasteiger partial charge in [-0.05, 0) is 44.7 Å². The molecule has 2 aliphatic heterocycles. The predicted octanol–water partition coefficient (Wildman–Crippen LogP) is 0.750. The van der Waals surface area contributed by atoms with E-state index < -0.39 is 0 Å². The molecule has 1 aromatic heterocycles. The molecular weight excluding hydrogens is 348 g/mol. The maximum absolute atomic E-state index is 13.0. The standard InChI is InChI=1S/C19H30N4O4/c1-26-10-8-22-6-4-15(5-7-22)12-23(13-16-3-2-9-27-16)19(25)17-11-20-14-21-18(17)24/h11,14-16H,2-10,12-13H2,1H3,(H,20,21,24)/t16-/m0/s1. The van der Waals surface area contributed by atoms with Crippen molar-refractivity contribution in [3.05, 3.63) is 28.4 Å². The van der Waals surface area contributed by atoms with Crippen LogP contribution in [0, 0.1) is 5.92 Å². The molecule has 150 valence electrons. The molecule has 27 heavy (non-hydrogen) atoms. The van der Waals surface area contributed by atoms with Crippen molar-refractivity contribution < 1.29 is 14.3 Å². The summed E-state index contributed by atoms with van der Waals surface area (Å²) < 4.78 is 10.9. The zero-order chi connectivity index (χ0) is 19.1. The van der Waals surface area contributed by atoms with E-state index in [1.165, 1.54) is 12.5 Å². The Labute approximate surface area is 159 Å². The minimum Gasteiger partial charge on any atom is -0.383 e. The van der Waals surface area contributed by atoms with Crippen LogP contribution in [0.1, 0.15) is 36.0 Å². The molecule has 2 aliphatic rings. The van der Waals surface area contributed by atoms with Crippen LogP contribution < -0.4 is 5.56 Å². The predicted molar refractivity (Wildman–Crippen MR) is 101 cm³/mol. The average molecular weight is 378 g/mol. The van der Waals surface area contributed by atoms with Crippen LogP contribution in [0.3, 0.4) is 0 Å². The number of piperidine rings is 1. The fourth-order valence-electron chi connectivity index (χ4n) is 3.87. The lowest BCUT2D eigenvalue weighted by atomic mass is 9.95. The second kappa shape index (κ2) is 9.96. The van der Waals surface area contributed by atoms with Gasteiger partial charge in [0.05, 0.1) is 19.0 Å². The van der Waals surface area contributed by atoms with Gasteiger partial charge in [0.25, 0.3) is 11.5 Å². The van der Waals surface area contributed by atoms with Crippen LogP contribution in [0.25, 0.3) is 0 Å². The van der Waals surface area contributed by atoms with Crippen LogP contribution in [-0.2, 0) is 9.47 Å². The summed E-state index contributed by atoms with van der Waals surface area (Å²) in [6.45, 7) is 5.68. The number of aromatic nitrogens is 2. The average Bonchev–Trinajstić information content (AvgIpc) is 3.20. The van der Waals surface area contributed by atoms with E-state index in [0.717, 1.165) is 58.5 Å². The normalized spacial score (nSPS) is 21.4. The summed E-state index contributed by atoms with van der Waals surface area (Å²) in [5.74, 6) is 0.187. The monoisotopic (exact) mass is 378 g/mol. The molecule has 0 spiro atoms. The molecule has 1 atom stereocenters. The van der Waals surface area contributed by atoms with E-state index in [0.29, 0.717) is 19.0 Å². The summed E-state index contributed by atoms with van der Waals surface area (Å²) in [4.78, 5) is 35.7. The van der Waals surface area contributed by atoms with E-state index in [1.54, 1.807) is 12.0 Å². The molecule has 0 bridgehead atoms. The van der Waals surface area contributed by atoms with Gasteiger partial charge in [0.15, 0.2) is 0 Å². The van der Waals surface area contributed by atoms with Crippen molar-refractivity contribution in [2.75, 3.05) is 53.0 Å². The van der Waals surface area contributed by atoms with Crippen molar-refractivity contribution in [2.24, 2.45) is 5.92 Å². The number of aromatic amines is 1. The third-order valence-corrected chi connectivity index (χ3v) is 5.48. The number of hydrogen-bond donors (Lipinski definition) is 1. The molecule has 0 saturated carbocycles. The van der Waals surface area contributed by atoms with Gasteiger partial charge in [0.2, 0.25) is 0 Å². The van der Waals surface area contributed by atoms with Crippen molar-refractivity contribution >= 4 is 5.91 Å². The summed E-state index contributed by atoms with van der Waals surface area (Å²) in [6, 6.07) is 0. The highest BCUT2D eigenvalue weighted by atomic mass is 16.5. The lowest BCUT2D eigenvalue weighted by Gasteiger charge is -2.35. The van der Waals surface area contributed by atoms with Gasteiger partial charge in [-0.2, -0.15) is 0 Å². The van der Waals surface area contributed by atoms with Crippen molar-refractivity contribution in [2.45, 2.75) is 31.8 Å². The first-order valence-electron chi connectivity index (χ1n) is 9.82. The van der Waals surface area contributed by atoms with Crippen LogP contribution in [0.4, 0.5) is 0 Å². The number of nitrogens with one attached hydrogen (secondary N) is 1. The number of amides is 1. The van der Waals surface area contributed by atoms with E-state index in [-0.39, 0.29) is 23.1 Å². The summed E-state index contributed by atoms with van der Waals surface area (Å²) in [5, 5.41) is 0. The van der Waals surface area contributed by atoms with Crippen LogP contribution in [0.15, 0.2) is 17.3 Å². The SMILES string of the molecule is COCCN1CCC(CN(C[C@@H]2CCCO2)C(=O)c2cnc[nH]c2=O)CC1. The summed E-state index contributed by atoms with van der Waals surface area (Å²) in [6.07, 6.45) is 6.80. The van der Waals surface area contributed by atoms with Gasteiger partial charge in [0, 0.05) is 39.5 Å². The third kappa shape index (κ3) is 5.60. The summed E-state index contributed by atoms with van der Waals surface area (Å²) >= 11 is 0. The lowest BCUT2D eigenvalue weighted by molar-refractivity contribution is 0.0435. The van der Waals surface area contributed by atoms with Crippen LogP contribution in [-0.4, -0.2) is 84.8 Å². The number of likely N-dealkylation sites (tertiary alicyclic amines) is 1. The third-order valence-electron chi connectivity index (χ3n) is 5.48. The maximum Gasteiger partial charge on any atom is 0.263 e. The highest BCUT2D eigenvalue weighted by Gasteiger charge is 2.28. The first-order valence-corrected chi connectivity index (χ1v) is 9.82. The molecule has 1 N–H and O–H groups in total. The smallest absolute Gasteiger partial charge is 0.263 e. The highest BCUT2D eigenvalue weighted by Crippen LogP contribution is 2.21. The first kappa shape index (κ1) is 20.0. The Hall–Kier alpha value is -1.77.